The minimum absolute atomic E-state index is 0.0476. The Balaban J connectivity index is 2.74. The Morgan fingerprint density at radius 3 is 2.27 bits per heavy atom. The molecule has 0 saturated heterocycles. The van der Waals surface area contributed by atoms with Gasteiger partial charge in [-0.15, -0.1) is 0 Å². The molecule has 4 heteroatoms. The molecule has 1 aromatic carbocycles. The summed E-state index contributed by atoms with van der Waals surface area (Å²) in [4.78, 5) is 9.83. The molecule has 1 rings (SSSR count). The molecule has 0 heterocycles. The average molecular weight is 155 g/mol. The van der Waals surface area contributed by atoms with E-state index in [2.05, 4.69) is 4.74 Å². The van der Waals surface area contributed by atoms with Crippen LogP contribution in [-0.2, 0) is 5.11 Å². The molecule has 0 aliphatic heterocycles. The Bertz CT molecular complexity index is 255. The number of rotatable bonds is 1. The molecule has 0 unspecified atom stereocenters. The lowest BCUT2D eigenvalue weighted by Crippen LogP contribution is -2.00. The van der Waals surface area contributed by atoms with Gasteiger partial charge in [-0.3, -0.25) is 0 Å². The van der Waals surface area contributed by atoms with Crippen molar-refractivity contribution >= 4 is 6.16 Å². The minimum Gasteiger partial charge on any atom is -0.392 e. The summed E-state index contributed by atoms with van der Waals surface area (Å²) < 4.78 is 16.3. The summed E-state index contributed by atoms with van der Waals surface area (Å²) in [6.07, 6.45) is -1.66. The van der Waals surface area contributed by atoms with Crippen LogP contribution in [0, 0.1) is 5.82 Å². The van der Waals surface area contributed by atoms with E-state index in [1.807, 2.05) is 0 Å². The molecule has 0 fully saturated rings. The number of carbonyl (C=O) groups excluding carboxylic acids is 1. The van der Waals surface area contributed by atoms with E-state index in [0.717, 1.165) is 12.1 Å². The first-order valence-corrected chi connectivity index (χ1v) is 2.83. The Morgan fingerprint density at radius 1 is 1.27 bits per heavy atom. The van der Waals surface area contributed by atoms with Crippen LogP contribution < -0.4 is 4.74 Å². The van der Waals surface area contributed by atoms with Gasteiger partial charge in [-0.2, -0.15) is 9.90 Å². The highest BCUT2D eigenvalue weighted by atomic mass is 19.1. The van der Waals surface area contributed by atoms with Crippen LogP contribution in [0.5, 0.6) is 5.75 Å². The van der Waals surface area contributed by atoms with E-state index in [1.54, 1.807) is 0 Å². The summed E-state index contributed by atoms with van der Waals surface area (Å²) in [5.41, 5.74) is 0. The number of hydrogen-bond donors (Lipinski definition) is 0. The van der Waals surface area contributed by atoms with Gasteiger partial charge >= 0.3 is 6.16 Å². The highest BCUT2D eigenvalue weighted by Crippen LogP contribution is 2.10. The van der Waals surface area contributed by atoms with Crippen LogP contribution in [0.25, 0.3) is 0 Å². The number of carbonyl (C=O) groups is 1. The van der Waals surface area contributed by atoms with Gasteiger partial charge < -0.3 is 4.74 Å². The number of benzene rings is 1. The van der Waals surface area contributed by atoms with Crippen LogP contribution in [0.15, 0.2) is 24.3 Å². The van der Waals surface area contributed by atoms with Crippen molar-refractivity contribution in [1.29, 1.82) is 0 Å². The van der Waals surface area contributed by atoms with E-state index in [1.165, 1.54) is 12.1 Å². The third-order valence-corrected chi connectivity index (χ3v) is 1.01. The first-order chi connectivity index (χ1) is 5.18. The Morgan fingerprint density at radius 2 is 1.82 bits per heavy atom. The topological polar surface area (TPSA) is 46.2 Å². The summed E-state index contributed by atoms with van der Waals surface area (Å²) in [6, 6.07) is 4.59. The zero-order valence-electron chi connectivity index (χ0n) is 5.41. The fraction of sp³-hybridized carbons (Fsp3) is 0. The van der Waals surface area contributed by atoms with Crippen LogP contribution >= 0.6 is 0 Å². The predicted molar refractivity (Wildman–Crippen MR) is 33.1 cm³/mol. The molecule has 1 radical (unpaired) electrons. The SMILES string of the molecule is [O]C(=O)Oc1ccc(F)cc1. The third-order valence-electron chi connectivity index (χ3n) is 1.01. The van der Waals surface area contributed by atoms with Gasteiger partial charge in [0.25, 0.3) is 0 Å². The maximum atomic E-state index is 12.2. The van der Waals surface area contributed by atoms with E-state index < -0.39 is 12.0 Å². The van der Waals surface area contributed by atoms with Crippen molar-refractivity contribution in [1.82, 2.24) is 0 Å². The van der Waals surface area contributed by atoms with Gasteiger partial charge in [-0.05, 0) is 24.3 Å². The molecule has 0 bridgehead atoms. The summed E-state index contributed by atoms with van der Waals surface area (Å²) in [6.45, 7) is 0. The second-order valence-electron chi connectivity index (χ2n) is 1.81. The maximum Gasteiger partial charge on any atom is 0.555 e. The maximum absolute atomic E-state index is 12.2. The number of halogens is 1. The third kappa shape index (κ3) is 2.25. The van der Waals surface area contributed by atoms with Crippen molar-refractivity contribution in [3.63, 3.8) is 0 Å². The molecule has 0 aliphatic carbocycles. The molecule has 0 N–H and O–H groups in total. The van der Waals surface area contributed by atoms with Crippen LogP contribution in [0.2, 0.25) is 0 Å². The molecule has 0 aliphatic rings. The van der Waals surface area contributed by atoms with Gasteiger partial charge in [0.15, 0.2) is 0 Å². The van der Waals surface area contributed by atoms with Gasteiger partial charge in [0.1, 0.15) is 11.6 Å². The van der Waals surface area contributed by atoms with Crippen molar-refractivity contribution in [2.75, 3.05) is 0 Å². The van der Waals surface area contributed by atoms with Gasteiger partial charge in [-0.25, -0.2) is 4.39 Å². The molecule has 0 saturated carbocycles. The molecule has 0 spiro atoms. The van der Waals surface area contributed by atoms with E-state index >= 15 is 0 Å². The second kappa shape index (κ2) is 3.01. The largest absolute Gasteiger partial charge is 0.555 e. The smallest absolute Gasteiger partial charge is 0.392 e. The van der Waals surface area contributed by atoms with Gasteiger partial charge in [-0.1, -0.05) is 0 Å². The van der Waals surface area contributed by atoms with E-state index in [9.17, 15) is 14.3 Å². The van der Waals surface area contributed by atoms with Gasteiger partial charge in [0.2, 0.25) is 0 Å². The van der Waals surface area contributed by atoms with E-state index in [0.29, 0.717) is 0 Å². The Hall–Kier alpha value is -1.58. The lowest BCUT2D eigenvalue weighted by molar-refractivity contribution is 0.117. The highest BCUT2D eigenvalue weighted by Gasteiger charge is 2.01. The average Bonchev–Trinajstić information content (AvgIpc) is 1.93. The van der Waals surface area contributed by atoms with Gasteiger partial charge in [0.05, 0.1) is 0 Å². The quantitative estimate of drug-likeness (QED) is 0.458. The molecule has 1 aromatic rings. The first kappa shape index (κ1) is 7.53. The predicted octanol–water partition coefficient (Wildman–Crippen LogP) is 1.75. The molecule has 3 nitrogen and oxygen atoms in total. The highest BCUT2D eigenvalue weighted by molar-refractivity contribution is 5.60. The van der Waals surface area contributed by atoms with Crippen LogP contribution in [-0.4, -0.2) is 6.16 Å². The second-order valence-corrected chi connectivity index (χ2v) is 1.81. The van der Waals surface area contributed by atoms with Crippen LogP contribution in [0.3, 0.4) is 0 Å². The Labute approximate surface area is 62.0 Å². The molecular formula is C7H4FO3. The van der Waals surface area contributed by atoms with Crippen LogP contribution in [0.4, 0.5) is 9.18 Å². The minimum atomic E-state index is -1.66. The molecule has 57 valence electrons. The van der Waals surface area contributed by atoms with E-state index in [4.69, 9.17) is 0 Å². The summed E-state index contributed by atoms with van der Waals surface area (Å²) in [7, 11) is 0. The van der Waals surface area contributed by atoms with Crippen molar-refractivity contribution in [3.8, 4) is 5.75 Å². The van der Waals surface area contributed by atoms with Gasteiger partial charge in [0, 0.05) is 0 Å². The zero-order chi connectivity index (χ0) is 8.27. The number of ether oxygens (including phenoxy) is 1. The van der Waals surface area contributed by atoms with Crippen molar-refractivity contribution < 1.29 is 19.0 Å². The van der Waals surface area contributed by atoms with E-state index in [-0.39, 0.29) is 5.75 Å². The standard InChI is InChI=1S/C7H4FO3/c8-5-1-3-6(4-2-5)11-7(9)10/h1-4H. The summed E-state index contributed by atoms with van der Waals surface area (Å²) in [5.74, 6) is -0.401. The lowest BCUT2D eigenvalue weighted by Gasteiger charge is -1.95. The van der Waals surface area contributed by atoms with Crippen molar-refractivity contribution in [3.05, 3.63) is 30.1 Å². The molecule has 0 amide bonds. The number of hydrogen-bond acceptors (Lipinski definition) is 2. The molecular weight excluding hydrogens is 151 g/mol. The molecule has 11 heavy (non-hydrogen) atoms. The summed E-state index contributed by atoms with van der Waals surface area (Å²) in [5, 5.41) is 9.83. The van der Waals surface area contributed by atoms with Crippen molar-refractivity contribution in [2.45, 2.75) is 0 Å². The molecule has 0 aromatic heterocycles. The summed E-state index contributed by atoms with van der Waals surface area (Å²) >= 11 is 0. The lowest BCUT2D eigenvalue weighted by atomic mass is 10.3. The fourth-order valence-corrected chi connectivity index (χ4v) is 0.599. The fourth-order valence-electron chi connectivity index (χ4n) is 0.599. The Kier molecular flexibility index (Phi) is 2.06. The van der Waals surface area contributed by atoms with Crippen LogP contribution in [0.1, 0.15) is 0 Å². The molecule has 0 atom stereocenters. The van der Waals surface area contributed by atoms with Crippen molar-refractivity contribution in [2.24, 2.45) is 0 Å². The zero-order valence-corrected chi connectivity index (χ0v) is 5.41. The first-order valence-electron chi connectivity index (χ1n) is 2.83. The monoisotopic (exact) mass is 155 g/mol. The normalized spacial score (nSPS) is 9.18.